The summed E-state index contributed by atoms with van der Waals surface area (Å²) in [6, 6.07) is 12.5. The Balaban J connectivity index is 2.16. The third-order valence-electron chi connectivity index (χ3n) is 3.68. The van der Waals surface area contributed by atoms with Gasteiger partial charge in [-0.3, -0.25) is 4.40 Å². The molecule has 0 atom stereocenters. The first kappa shape index (κ1) is 12.7. The highest BCUT2D eigenvalue weighted by Crippen LogP contribution is 2.25. The Kier molecular flexibility index (Phi) is 2.97. The van der Waals surface area contributed by atoms with Gasteiger partial charge in [0.25, 0.3) is 0 Å². The van der Waals surface area contributed by atoms with E-state index < -0.39 is 0 Å². The van der Waals surface area contributed by atoms with Gasteiger partial charge in [-0.15, -0.1) is 0 Å². The molecule has 0 unspecified atom stereocenters. The van der Waals surface area contributed by atoms with Gasteiger partial charge in [0.1, 0.15) is 5.82 Å². The van der Waals surface area contributed by atoms with Crippen LogP contribution in [-0.2, 0) is 0 Å². The van der Waals surface area contributed by atoms with Crippen LogP contribution < -0.4 is 5.73 Å². The summed E-state index contributed by atoms with van der Waals surface area (Å²) in [5.74, 6) is 1.48. The predicted molar refractivity (Wildman–Crippen MR) is 83.9 cm³/mol. The largest absolute Gasteiger partial charge is 0.398 e. The highest BCUT2D eigenvalue weighted by Gasteiger charge is 2.10. The fourth-order valence-corrected chi connectivity index (χ4v) is 2.48. The molecular weight excluding hydrogens is 246 g/mol. The molecule has 2 aromatic heterocycles. The first-order chi connectivity index (χ1) is 9.56. The van der Waals surface area contributed by atoms with E-state index in [-0.39, 0.29) is 0 Å². The number of hydrogen-bond acceptors (Lipinski definition) is 2. The summed E-state index contributed by atoms with van der Waals surface area (Å²) in [6.07, 6.45) is 1.93. The van der Waals surface area contributed by atoms with E-state index in [0.29, 0.717) is 5.92 Å². The summed E-state index contributed by atoms with van der Waals surface area (Å²) in [5.41, 5.74) is 11.2. The second-order valence-corrected chi connectivity index (χ2v) is 5.52. The minimum Gasteiger partial charge on any atom is -0.398 e. The Bertz CT molecular complexity index is 752. The van der Waals surface area contributed by atoms with Crippen LogP contribution in [0.1, 0.15) is 31.0 Å². The number of benzene rings is 1. The second kappa shape index (κ2) is 4.67. The zero-order valence-corrected chi connectivity index (χ0v) is 12.1. The molecule has 0 aliphatic heterocycles. The summed E-state index contributed by atoms with van der Waals surface area (Å²) in [6.45, 7) is 6.42. The van der Waals surface area contributed by atoms with Gasteiger partial charge in [0.15, 0.2) is 0 Å². The lowest BCUT2D eigenvalue weighted by Gasteiger charge is -2.07. The van der Waals surface area contributed by atoms with Crippen molar-refractivity contribution in [2.24, 2.45) is 0 Å². The van der Waals surface area contributed by atoms with Crippen LogP contribution in [0.25, 0.3) is 16.9 Å². The summed E-state index contributed by atoms with van der Waals surface area (Å²) in [5, 5.41) is 0. The van der Waals surface area contributed by atoms with Crippen LogP contribution in [-0.4, -0.2) is 9.38 Å². The first-order valence-electron chi connectivity index (χ1n) is 6.91. The molecule has 3 nitrogen and oxygen atoms in total. The number of rotatable bonds is 2. The van der Waals surface area contributed by atoms with E-state index in [4.69, 9.17) is 5.73 Å². The number of nitrogens with zero attached hydrogens (tertiary/aromatic N) is 2. The Morgan fingerprint density at radius 1 is 1.05 bits per heavy atom. The van der Waals surface area contributed by atoms with E-state index in [1.165, 1.54) is 5.56 Å². The van der Waals surface area contributed by atoms with E-state index in [0.717, 1.165) is 28.3 Å². The Labute approximate surface area is 119 Å². The lowest BCUT2D eigenvalue weighted by atomic mass is 10.0. The van der Waals surface area contributed by atoms with Gasteiger partial charge in [-0.05, 0) is 30.5 Å². The zero-order valence-electron chi connectivity index (χ0n) is 12.1. The van der Waals surface area contributed by atoms with Crippen molar-refractivity contribution in [3.8, 4) is 11.4 Å². The van der Waals surface area contributed by atoms with Gasteiger partial charge in [-0.2, -0.15) is 0 Å². The number of nitrogen functional groups attached to an aromatic ring is 1. The van der Waals surface area contributed by atoms with Gasteiger partial charge in [0.2, 0.25) is 0 Å². The van der Waals surface area contributed by atoms with Crippen molar-refractivity contribution in [3.63, 3.8) is 0 Å². The van der Waals surface area contributed by atoms with Crippen LogP contribution in [0.5, 0.6) is 0 Å². The molecule has 2 N–H and O–H groups in total. The molecule has 0 saturated heterocycles. The standard InChI is InChI=1S/C17H19N3/c1-11(2)13-4-6-14(7-5-13)17-19-12(3)16-9-8-15(18)10-20(16)17/h4-11H,18H2,1-3H3. The predicted octanol–water partition coefficient (Wildman–Crippen LogP) is 4.02. The zero-order chi connectivity index (χ0) is 14.3. The van der Waals surface area contributed by atoms with Crippen molar-refractivity contribution in [2.75, 3.05) is 5.73 Å². The van der Waals surface area contributed by atoms with Gasteiger partial charge in [-0.1, -0.05) is 38.1 Å². The number of imidazole rings is 1. The normalized spacial score (nSPS) is 11.4. The van der Waals surface area contributed by atoms with Gasteiger partial charge in [-0.25, -0.2) is 4.98 Å². The minimum absolute atomic E-state index is 0.540. The van der Waals surface area contributed by atoms with E-state index in [1.54, 1.807) is 0 Å². The average Bonchev–Trinajstić information content (AvgIpc) is 2.75. The topological polar surface area (TPSA) is 43.3 Å². The second-order valence-electron chi connectivity index (χ2n) is 5.52. The minimum atomic E-state index is 0.540. The lowest BCUT2D eigenvalue weighted by molar-refractivity contribution is 0.867. The molecule has 0 radical (unpaired) electrons. The van der Waals surface area contributed by atoms with Crippen LogP contribution in [0.15, 0.2) is 42.6 Å². The third kappa shape index (κ3) is 2.05. The molecule has 0 amide bonds. The van der Waals surface area contributed by atoms with Crippen LogP contribution >= 0.6 is 0 Å². The molecule has 20 heavy (non-hydrogen) atoms. The molecule has 3 aromatic rings. The molecule has 2 heterocycles. The highest BCUT2D eigenvalue weighted by atomic mass is 15.0. The number of pyridine rings is 1. The monoisotopic (exact) mass is 265 g/mol. The maximum atomic E-state index is 5.90. The number of anilines is 1. The molecule has 0 aliphatic carbocycles. The molecule has 0 spiro atoms. The Hall–Kier alpha value is -2.29. The molecule has 102 valence electrons. The summed E-state index contributed by atoms with van der Waals surface area (Å²) >= 11 is 0. The van der Waals surface area contributed by atoms with Crippen LogP contribution in [0.2, 0.25) is 0 Å². The summed E-state index contributed by atoms with van der Waals surface area (Å²) in [7, 11) is 0. The summed E-state index contributed by atoms with van der Waals surface area (Å²) < 4.78 is 2.06. The smallest absolute Gasteiger partial charge is 0.144 e. The van der Waals surface area contributed by atoms with Crippen LogP contribution in [0, 0.1) is 6.92 Å². The average molecular weight is 265 g/mol. The fraction of sp³-hybridized carbons (Fsp3) is 0.235. The van der Waals surface area contributed by atoms with Crippen molar-refractivity contribution in [3.05, 3.63) is 53.9 Å². The maximum absolute atomic E-state index is 5.90. The molecule has 0 bridgehead atoms. The van der Waals surface area contributed by atoms with E-state index in [9.17, 15) is 0 Å². The molecule has 1 aromatic carbocycles. The number of aryl methyl sites for hydroxylation is 1. The van der Waals surface area contributed by atoms with Crippen molar-refractivity contribution in [1.29, 1.82) is 0 Å². The SMILES string of the molecule is Cc1nc(-c2ccc(C(C)C)cc2)n2cc(N)ccc12. The van der Waals surface area contributed by atoms with Gasteiger partial charge in [0.05, 0.1) is 11.2 Å². The van der Waals surface area contributed by atoms with E-state index in [2.05, 4.69) is 47.5 Å². The van der Waals surface area contributed by atoms with E-state index >= 15 is 0 Å². The number of fused-ring (bicyclic) bond motifs is 1. The fourth-order valence-electron chi connectivity index (χ4n) is 2.48. The molecule has 0 fully saturated rings. The molecule has 3 heteroatoms. The van der Waals surface area contributed by atoms with Crippen LogP contribution in [0.4, 0.5) is 5.69 Å². The van der Waals surface area contributed by atoms with Gasteiger partial charge < -0.3 is 5.73 Å². The van der Waals surface area contributed by atoms with Gasteiger partial charge in [0, 0.05) is 17.4 Å². The Morgan fingerprint density at radius 2 is 1.75 bits per heavy atom. The first-order valence-corrected chi connectivity index (χ1v) is 6.91. The summed E-state index contributed by atoms with van der Waals surface area (Å²) in [4.78, 5) is 4.68. The number of nitrogens with two attached hydrogens (primary N) is 1. The van der Waals surface area contributed by atoms with Crippen molar-refractivity contribution < 1.29 is 0 Å². The maximum Gasteiger partial charge on any atom is 0.144 e. The van der Waals surface area contributed by atoms with Gasteiger partial charge >= 0.3 is 0 Å². The number of hydrogen-bond donors (Lipinski definition) is 1. The molecule has 0 saturated carbocycles. The lowest BCUT2D eigenvalue weighted by Crippen LogP contribution is -1.93. The highest BCUT2D eigenvalue weighted by molar-refractivity contribution is 5.67. The van der Waals surface area contributed by atoms with Crippen LogP contribution in [0.3, 0.4) is 0 Å². The quantitative estimate of drug-likeness (QED) is 0.760. The van der Waals surface area contributed by atoms with Crippen molar-refractivity contribution in [2.45, 2.75) is 26.7 Å². The molecule has 0 aliphatic rings. The Morgan fingerprint density at radius 3 is 2.40 bits per heavy atom. The van der Waals surface area contributed by atoms with Crippen molar-refractivity contribution >= 4 is 11.2 Å². The van der Waals surface area contributed by atoms with Crippen molar-refractivity contribution in [1.82, 2.24) is 9.38 Å². The molecule has 3 rings (SSSR count). The molecular formula is C17H19N3. The number of aromatic nitrogens is 2. The third-order valence-corrected chi connectivity index (χ3v) is 3.68. The van der Waals surface area contributed by atoms with E-state index in [1.807, 2.05) is 25.3 Å².